The molecule has 0 spiro atoms. The standard InChI is InChI=1S/C42H55N3O7/c1-29(47)43-21-7-5-6-16-39(48)44-26-31-11-8-12-33(23-31)34-13-9-14-35(24-34)41-50-36(25-38(51-41)32-19-17-30(28-46)18-20-32)27-45-22-10-15-37(45)40(49)52-42(2,3)4/h8-9,11-14,17-20,23-24,36-38,41,46H,5-7,10,15-16,21-22,25-28H2,1-4H3,(H,43,47)(H,44,48). The normalized spacial score (nSPS) is 20.7. The molecule has 4 unspecified atom stereocenters. The molecule has 2 heterocycles. The van der Waals surface area contributed by atoms with E-state index in [0.29, 0.717) is 32.5 Å². The van der Waals surface area contributed by atoms with Crippen molar-refractivity contribution in [1.82, 2.24) is 15.5 Å². The molecule has 0 aromatic heterocycles. The van der Waals surface area contributed by atoms with E-state index in [-0.39, 0.29) is 42.6 Å². The molecule has 5 rings (SSSR count). The Balaban J connectivity index is 1.26. The highest BCUT2D eigenvalue weighted by Crippen LogP contribution is 2.39. The monoisotopic (exact) mass is 713 g/mol. The molecule has 0 bridgehead atoms. The van der Waals surface area contributed by atoms with Crippen LogP contribution >= 0.6 is 0 Å². The summed E-state index contributed by atoms with van der Waals surface area (Å²) in [5.41, 5.74) is 5.22. The minimum absolute atomic E-state index is 0.0139. The van der Waals surface area contributed by atoms with Gasteiger partial charge in [-0.25, -0.2) is 0 Å². The Bertz CT molecular complexity index is 1640. The third-order valence-electron chi connectivity index (χ3n) is 9.46. The molecule has 280 valence electrons. The molecule has 2 aliphatic rings. The minimum atomic E-state index is -0.635. The van der Waals surface area contributed by atoms with Crippen LogP contribution in [0.5, 0.6) is 0 Å². The summed E-state index contributed by atoms with van der Waals surface area (Å²) in [4.78, 5) is 38.8. The fourth-order valence-corrected chi connectivity index (χ4v) is 6.84. The highest BCUT2D eigenvalue weighted by Gasteiger charge is 2.39. The second-order valence-corrected chi connectivity index (χ2v) is 14.9. The molecule has 0 aliphatic carbocycles. The quantitative estimate of drug-likeness (QED) is 0.120. The van der Waals surface area contributed by atoms with Gasteiger partial charge in [-0.3, -0.25) is 19.3 Å². The topological polar surface area (TPSA) is 126 Å². The highest BCUT2D eigenvalue weighted by atomic mass is 16.7. The number of esters is 1. The second kappa shape index (κ2) is 18.6. The predicted octanol–water partition coefficient (Wildman–Crippen LogP) is 6.51. The molecule has 2 amide bonds. The van der Waals surface area contributed by atoms with Gasteiger partial charge >= 0.3 is 5.97 Å². The molecular weight excluding hydrogens is 658 g/mol. The summed E-state index contributed by atoms with van der Waals surface area (Å²) >= 11 is 0. The first-order valence-corrected chi connectivity index (χ1v) is 18.7. The van der Waals surface area contributed by atoms with Crippen LogP contribution in [0.2, 0.25) is 0 Å². The number of carbonyl (C=O) groups excluding carboxylic acids is 3. The van der Waals surface area contributed by atoms with E-state index in [2.05, 4.69) is 39.8 Å². The number of rotatable bonds is 15. The fraction of sp³-hybridized carbons (Fsp3) is 0.500. The number of benzene rings is 3. The van der Waals surface area contributed by atoms with Gasteiger partial charge in [0.1, 0.15) is 11.6 Å². The van der Waals surface area contributed by atoms with Gasteiger partial charge in [0.05, 0.1) is 18.8 Å². The molecule has 2 fully saturated rings. The van der Waals surface area contributed by atoms with E-state index in [1.54, 1.807) is 0 Å². The average molecular weight is 714 g/mol. The number of hydrogen-bond acceptors (Lipinski definition) is 8. The van der Waals surface area contributed by atoms with Crippen LogP contribution in [0.1, 0.15) is 107 Å². The number of carbonyl (C=O) groups is 3. The summed E-state index contributed by atoms with van der Waals surface area (Å²) in [6.07, 6.45) is 4.21. The van der Waals surface area contributed by atoms with Crippen LogP contribution < -0.4 is 10.6 Å². The predicted molar refractivity (Wildman–Crippen MR) is 200 cm³/mol. The van der Waals surface area contributed by atoms with Gasteiger partial charge in [-0.05, 0) is 92.9 Å². The van der Waals surface area contributed by atoms with Crippen molar-refractivity contribution in [3.63, 3.8) is 0 Å². The Morgan fingerprint density at radius 1 is 0.885 bits per heavy atom. The summed E-state index contributed by atoms with van der Waals surface area (Å²) in [6.45, 7) is 9.63. The van der Waals surface area contributed by atoms with Crippen molar-refractivity contribution in [3.8, 4) is 11.1 Å². The van der Waals surface area contributed by atoms with Crippen LogP contribution in [0.15, 0.2) is 72.8 Å². The highest BCUT2D eigenvalue weighted by molar-refractivity contribution is 5.77. The van der Waals surface area contributed by atoms with Gasteiger partial charge in [-0.1, -0.05) is 67.1 Å². The number of nitrogens with zero attached hydrogens (tertiary/aromatic N) is 1. The molecule has 4 atom stereocenters. The summed E-state index contributed by atoms with van der Waals surface area (Å²) in [6, 6.07) is 23.9. The van der Waals surface area contributed by atoms with Crippen LogP contribution in [0.3, 0.4) is 0 Å². The zero-order valence-corrected chi connectivity index (χ0v) is 31.1. The lowest BCUT2D eigenvalue weighted by Gasteiger charge is -2.38. The Morgan fingerprint density at radius 3 is 2.37 bits per heavy atom. The van der Waals surface area contributed by atoms with E-state index >= 15 is 0 Å². The van der Waals surface area contributed by atoms with Gasteiger partial charge in [-0.2, -0.15) is 0 Å². The Hall–Kier alpha value is -4.09. The smallest absolute Gasteiger partial charge is 0.323 e. The van der Waals surface area contributed by atoms with E-state index in [9.17, 15) is 19.5 Å². The van der Waals surface area contributed by atoms with Crippen LogP contribution in [-0.4, -0.2) is 65.2 Å². The number of aliphatic hydroxyl groups is 1. The first-order valence-electron chi connectivity index (χ1n) is 18.7. The molecule has 2 saturated heterocycles. The van der Waals surface area contributed by atoms with Crippen LogP contribution in [0.4, 0.5) is 0 Å². The SMILES string of the molecule is CC(=O)NCCCCCC(=O)NCc1cccc(-c2cccc(C3OC(CN4CCCC4C(=O)OC(C)(C)C)CC(c4ccc(CO)cc4)O3)c2)c1. The largest absolute Gasteiger partial charge is 0.459 e. The van der Waals surface area contributed by atoms with Gasteiger partial charge in [0.15, 0.2) is 6.29 Å². The molecular formula is C42H55N3O7. The van der Waals surface area contributed by atoms with Crippen LogP contribution in [-0.2, 0) is 41.7 Å². The van der Waals surface area contributed by atoms with Crippen molar-refractivity contribution in [2.45, 2.75) is 116 Å². The third kappa shape index (κ3) is 11.7. The minimum Gasteiger partial charge on any atom is -0.459 e. The second-order valence-electron chi connectivity index (χ2n) is 14.9. The van der Waals surface area contributed by atoms with Gasteiger partial charge in [0, 0.05) is 45.0 Å². The number of likely N-dealkylation sites (tertiary alicyclic amines) is 1. The maximum Gasteiger partial charge on any atom is 0.323 e. The van der Waals surface area contributed by atoms with E-state index in [1.165, 1.54) is 6.92 Å². The molecule has 2 aliphatic heterocycles. The number of hydrogen-bond donors (Lipinski definition) is 3. The molecule has 3 aromatic carbocycles. The van der Waals surface area contributed by atoms with Gasteiger partial charge in [0.2, 0.25) is 11.8 Å². The van der Waals surface area contributed by atoms with Gasteiger partial charge in [-0.15, -0.1) is 0 Å². The van der Waals surface area contributed by atoms with E-state index < -0.39 is 11.9 Å². The molecule has 3 aromatic rings. The van der Waals surface area contributed by atoms with Gasteiger partial charge in [0.25, 0.3) is 0 Å². The lowest BCUT2D eigenvalue weighted by Crippen LogP contribution is -2.45. The lowest BCUT2D eigenvalue weighted by molar-refractivity contribution is -0.253. The summed E-state index contributed by atoms with van der Waals surface area (Å²) in [5.74, 6) is -0.204. The Labute approximate surface area is 308 Å². The molecule has 10 nitrogen and oxygen atoms in total. The Morgan fingerprint density at radius 2 is 1.63 bits per heavy atom. The van der Waals surface area contributed by atoms with E-state index in [4.69, 9.17) is 14.2 Å². The van der Waals surface area contributed by atoms with Gasteiger partial charge < -0.3 is 30.0 Å². The summed E-state index contributed by atoms with van der Waals surface area (Å²) < 4.78 is 19.1. The zero-order valence-electron chi connectivity index (χ0n) is 31.1. The number of amides is 2. The van der Waals surface area contributed by atoms with Crippen molar-refractivity contribution in [2.24, 2.45) is 0 Å². The zero-order chi connectivity index (χ0) is 37.1. The van der Waals surface area contributed by atoms with Crippen molar-refractivity contribution in [2.75, 3.05) is 19.6 Å². The molecule has 3 N–H and O–H groups in total. The van der Waals surface area contributed by atoms with Crippen molar-refractivity contribution >= 4 is 17.8 Å². The number of nitrogens with one attached hydrogen (secondary N) is 2. The molecule has 52 heavy (non-hydrogen) atoms. The fourth-order valence-electron chi connectivity index (χ4n) is 6.84. The van der Waals surface area contributed by atoms with Crippen molar-refractivity contribution in [3.05, 3.63) is 95.1 Å². The van der Waals surface area contributed by atoms with Crippen molar-refractivity contribution in [1.29, 1.82) is 0 Å². The molecule has 0 saturated carbocycles. The third-order valence-corrected chi connectivity index (χ3v) is 9.46. The molecule has 0 radical (unpaired) electrons. The Kier molecular flexibility index (Phi) is 14.0. The maximum absolute atomic E-state index is 13.1. The average Bonchev–Trinajstić information content (AvgIpc) is 3.60. The number of unbranched alkanes of at least 4 members (excludes halogenated alkanes) is 2. The number of ether oxygens (including phenoxy) is 3. The first-order chi connectivity index (χ1) is 25.0. The van der Waals surface area contributed by atoms with E-state index in [0.717, 1.165) is 72.0 Å². The van der Waals surface area contributed by atoms with Crippen molar-refractivity contribution < 1.29 is 33.7 Å². The lowest BCUT2D eigenvalue weighted by atomic mass is 9.98. The molecule has 10 heteroatoms. The maximum atomic E-state index is 13.1. The summed E-state index contributed by atoms with van der Waals surface area (Å²) in [7, 11) is 0. The van der Waals surface area contributed by atoms with Crippen LogP contribution in [0.25, 0.3) is 11.1 Å². The first kappa shape index (κ1) is 39.1. The van der Waals surface area contributed by atoms with E-state index in [1.807, 2.05) is 69.3 Å². The summed E-state index contributed by atoms with van der Waals surface area (Å²) in [5, 5.41) is 15.4. The van der Waals surface area contributed by atoms with Crippen LogP contribution in [0, 0.1) is 0 Å². The number of aliphatic hydroxyl groups excluding tert-OH is 1.